The molecule has 2 unspecified atom stereocenters. The molecule has 1 aliphatic heterocycles. The van der Waals surface area contributed by atoms with E-state index in [1.54, 1.807) is 0 Å². The predicted molar refractivity (Wildman–Crippen MR) is 73.5 cm³/mol. The maximum Gasteiger partial charge on any atom is 0.0851 e. The SMILES string of the molecule is Cn1cc(C(O)C2CCCNC2)c2ccccc21. The van der Waals surface area contributed by atoms with Crippen LogP contribution in [0.2, 0.25) is 0 Å². The minimum absolute atomic E-state index is 0.338. The quantitative estimate of drug-likeness (QED) is 0.850. The van der Waals surface area contributed by atoms with E-state index in [-0.39, 0.29) is 6.10 Å². The van der Waals surface area contributed by atoms with Crippen molar-refractivity contribution >= 4 is 10.9 Å². The van der Waals surface area contributed by atoms with Crippen molar-refractivity contribution in [3.05, 3.63) is 36.0 Å². The lowest BCUT2D eigenvalue weighted by molar-refractivity contribution is 0.0933. The monoisotopic (exact) mass is 244 g/mol. The van der Waals surface area contributed by atoms with E-state index in [2.05, 4.69) is 28.2 Å². The van der Waals surface area contributed by atoms with Crippen molar-refractivity contribution in [2.24, 2.45) is 13.0 Å². The molecule has 2 aromatic rings. The average Bonchev–Trinajstić information content (AvgIpc) is 2.77. The van der Waals surface area contributed by atoms with Crippen LogP contribution in [0.15, 0.2) is 30.5 Å². The summed E-state index contributed by atoms with van der Waals surface area (Å²) in [4.78, 5) is 0. The van der Waals surface area contributed by atoms with Crippen LogP contribution in [-0.2, 0) is 7.05 Å². The normalized spacial score (nSPS) is 22.2. The van der Waals surface area contributed by atoms with Crippen LogP contribution in [0.4, 0.5) is 0 Å². The second-order valence-corrected chi connectivity index (χ2v) is 5.26. The van der Waals surface area contributed by atoms with Gasteiger partial charge in [0, 0.05) is 42.2 Å². The summed E-state index contributed by atoms with van der Waals surface area (Å²) in [6.45, 7) is 2.00. The van der Waals surface area contributed by atoms with Gasteiger partial charge in [0.2, 0.25) is 0 Å². The van der Waals surface area contributed by atoms with E-state index in [0.29, 0.717) is 5.92 Å². The van der Waals surface area contributed by atoms with Gasteiger partial charge in [-0.1, -0.05) is 18.2 Å². The van der Waals surface area contributed by atoms with Crippen molar-refractivity contribution < 1.29 is 5.11 Å². The first-order valence-corrected chi connectivity index (χ1v) is 6.70. The van der Waals surface area contributed by atoms with E-state index in [4.69, 9.17) is 0 Å². The standard InChI is InChI=1S/C15H20N2O/c1-17-10-13(12-6-2-3-7-14(12)17)15(18)11-5-4-8-16-9-11/h2-3,6-7,10-11,15-16,18H,4-5,8-9H2,1H3. The van der Waals surface area contributed by atoms with Gasteiger partial charge in [0.05, 0.1) is 6.10 Å². The molecule has 0 bridgehead atoms. The summed E-state index contributed by atoms with van der Waals surface area (Å²) in [5.41, 5.74) is 2.26. The first kappa shape index (κ1) is 11.8. The minimum atomic E-state index is -0.358. The molecule has 0 spiro atoms. The van der Waals surface area contributed by atoms with Gasteiger partial charge in [-0.05, 0) is 25.5 Å². The molecule has 1 fully saturated rings. The third kappa shape index (κ3) is 1.93. The first-order chi connectivity index (χ1) is 8.77. The summed E-state index contributed by atoms with van der Waals surface area (Å²) in [7, 11) is 2.04. The van der Waals surface area contributed by atoms with E-state index in [1.165, 1.54) is 10.9 Å². The lowest BCUT2D eigenvalue weighted by atomic mass is 9.89. The Balaban J connectivity index is 1.98. The first-order valence-electron chi connectivity index (χ1n) is 6.70. The Morgan fingerprint density at radius 3 is 3.00 bits per heavy atom. The summed E-state index contributed by atoms with van der Waals surface area (Å²) in [5, 5.41) is 15.2. The van der Waals surface area contributed by atoms with Crippen LogP contribution < -0.4 is 5.32 Å². The molecule has 1 aliphatic rings. The molecule has 1 aromatic carbocycles. The average molecular weight is 244 g/mol. The number of aliphatic hydroxyl groups is 1. The molecule has 3 nitrogen and oxygen atoms in total. The summed E-state index contributed by atoms with van der Waals surface area (Å²) in [6, 6.07) is 8.28. The van der Waals surface area contributed by atoms with Gasteiger partial charge in [-0.3, -0.25) is 0 Å². The molecule has 0 saturated carbocycles. The second kappa shape index (κ2) is 4.75. The molecule has 2 atom stereocenters. The van der Waals surface area contributed by atoms with Crippen LogP contribution in [0, 0.1) is 5.92 Å². The molecule has 1 saturated heterocycles. The molecule has 1 aromatic heterocycles. The summed E-state index contributed by atoms with van der Waals surface area (Å²) >= 11 is 0. The van der Waals surface area contributed by atoms with Gasteiger partial charge in [-0.2, -0.15) is 0 Å². The molecule has 0 amide bonds. The molecule has 2 heterocycles. The highest BCUT2D eigenvalue weighted by atomic mass is 16.3. The van der Waals surface area contributed by atoms with E-state index < -0.39 is 0 Å². The zero-order chi connectivity index (χ0) is 12.5. The summed E-state index contributed by atoms with van der Waals surface area (Å²) in [6.07, 6.45) is 3.98. The highest BCUT2D eigenvalue weighted by Gasteiger charge is 2.25. The lowest BCUT2D eigenvalue weighted by Gasteiger charge is -2.27. The van der Waals surface area contributed by atoms with Gasteiger partial charge >= 0.3 is 0 Å². The van der Waals surface area contributed by atoms with Crippen molar-refractivity contribution in [2.45, 2.75) is 18.9 Å². The molecular formula is C15H20N2O. The number of hydrogen-bond donors (Lipinski definition) is 2. The van der Waals surface area contributed by atoms with Gasteiger partial charge in [0.25, 0.3) is 0 Å². The largest absolute Gasteiger partial charge is 0.388 e. The van der Waals surface area contributed by atoms with Crippen LogP contribution >= 0.6 is 0 Å². The van der Waals surface area contributed by atoms with Gasteiger partial charge in [0.15, 0.2) is 0 Å². The summed E-state index contributed by atoms with van der Waals surface area (Å²) < 4.78 is 2.10. The smallest absolute Gasteiger partial charge is 0.0851 e. The molecule has 3 rings (SSSR count). The molecule has 96 valence electrons. The molecule has 3 heteroatoms. The molecule has 2 N–H and O–H groups in total. The predicted octanol–water partition coefficient (Wildman–Crippen LogP) is 2.21. The van der Waals surface area contributed by atoms with E-state index in [0.717, 1.165) is 31.5 Å². The van der Waals surface area contributed by atoms with E-state index in [1.807, 2.05) is 19.2 Å². The fraction of sp³-hybridized carbons (Fsp3) is 0.467. The van der Waals surface area contributed by atoms with Crippen LogP contribution in [0.1, 0.15) is 24.5 Å². The Bertz CT molecular complexity index is 540. The Morgan fingerprint density at radius 2 is 2.22 bits per heavy atom. The Labute approximate surface area is 107 Å². The third-order valence-corrected chi connectivity index (χ3v) is 4.03. The van der Waals surface area contributed by atoms with Crippen molar-refractivity contribution in [3.8, 4) is 0 Å². The number of rotatable bonds is 2. The minimum Gasteiger partial charge on any atom is -0.388 e. The van der Waals surface area contributed by atoms with Crippen molar-refractivity contribution in [1.29, 1.82) is 0 Å². The molecular weight excluding hydrogens is 224 g/mol. The number of piperidine rings is 1. The maximum atomic E-state index is 10.6. The van der Waals surface area contributed by atoms with Gasteiger partial charge in [-0.25, -0.2) is 0 Å². The molecule has 0 aliphatic carbocycles. The van der Waals surface area contributed by atoms with Crippen LogP contribution in [0.25, 0.3) is 10.9 Å². The highest BCUT2D eigenvalue weighted by Crippen LogP contribution is 2.32. The van der Waals surface area contributed by atoms with Gasteiger partial charge in [0.1, 0.15) is 0 Å². The number of para-hydroxylation sites is 1. The van der Waals surface area contributed by atoms with E-state index in [9.17, 15) is 5.11 Å². The highest BCUT2D eigenvalue weighted by molar-refractivity contribution is 5.84. The van der Waals surface area contributed by atoms with Crippen LogP contribution in [0.3, 0.4) is 0 Å². The summed E-state index contributed by atoms with van der Waals surface area (Å²) in [5.74, 6) is 0.338. The number of aliphatic hydroxyl groups excluding tert-OH is 1. The van der Waals surface area contributed by atoms with Gasteiger partial charge < -0.3 is 15.0 Å². The number of aromatic nitrogens is 1. The fourth-order valence-electron chi connectivity index (χ4n) is 3.01. The fourth-order valence-corrected chi connectivity index (χ4v) is 3.01. The number of hydrogen-bond acceptors (Lipinski definition) is 2. The van der Waals surface area contributed by atoms with Crippen molar-refractivity contribution in [2.75, 3.05) is 13.1 Å². The number of aryl methyl sites for hydroxylation is 1. The Kier molecular flexibility index (Phi) is 3.10. The Morgan fingerprint density at radius 1 is 1.39 bits per heavy atom. The Hall–Kier alpha value is -1.32. The number of benzene rings is 1. The van der Waals surface area contributed by atoms with Gasteiger partial charge in [-0.15, -0.1) is 0 Å². The third-order valence-electron chi connectivity index (χ3n) is 4.03. The lowest BCUT2D eigenvalue weighted by Crippen LogP contribution is -2.33. The maximum absolute atomic E-state index is 10.6. The molecule has 0 radical (unpaired) electrons. The second-order valence-electron chi connectivity index (χ2n) is 5.26. The zero-order valence-electron chi connectivity index (χ0n) is 10.8. The topological polar surface area (TPSA) is 37.2 Å². The zero-order valence-corrected chi connectivity index (χ0v) is 10.8. The van der Waals surface area contributed by atoms with E-state index >= 15 is 0 Å². The van der Waals surface area contributed by atoms with Crippen molar-refractivity contribution in [3.63, 3.8) is 0 Å². The van der Waals surface area contributed by atoms with Crippen molar-refractivity contribution in [1.82, 2.24) is 9.88 Å². The number of nitrogens with zero attached hydrogens (tertiary/aromatic N) is 1. The van der Waals surface area contributed by atoms with Crippen LogP contribution in [0.5, 0.6) is 0 Å². The number of fused-ring (bicyclic) bond motifs is 1. The van der Waals surface area contributed by atoms with Crippen LogP contribution in [-0.4, -0.2) is 22.8 Å². The molecule has 18 heavy (non-hydrogen) atoms. The number of nitrogens with one attached hydrogen (secondary N) is 1.